The minimum absolute atomic E-state index is 0.156. The molecule has 0 saturated heterocycles. The van der Waals surface area contributed by atoms with Crippen molar-refractivity contribution in [2.24, 2.45) is 5.73 Å². The van der Waals surface area contributed by atoms with E-state index in [9.17, 15) is 5.11 Å². The molecule has 98 valence electrons. The largest absolute Gasteiger partial charge is 0.490 e. The summed E-state index contributed by atoms with van der Waals surface area (Å²) in [6.45, 7) is 4.27. The lowest BCUT2D eigenvalue weighted by Crippen LogP contribution is -2.15. The van der Waals surface area contributed by atoms with Crippen molar-refractivity contribution in [1.82, 2.24) is 0 Å². The maximum absolute atomic E-state index is 10.2. The van der Waals surface area contributed by atoms with Gasteiger partial charge < -0.3 is 20.3 Å². The summed E-state index contributed by atoms with van der Waals surface area (Å²) in [4.78, 5) is 0. The highest BCUT2D eigenvalue weighted by atomic mass is 16.5. The molecule has 18 heavy (non-hydrogen) atoms. The maximum Gasteiger partial charge on any atom is 0.129 e. The third kappa shape index (κ3) is 1.68. The first-order chi connectivity index (χ1) is 8.60. The number of ether oxygens (including phenoxy) is 2. The van der Waals surface area contributed by atoms with Crippen LogP contribution in [0, 0.1) is 0 Å². The highest BCUT2D eigenvalue weighted by molar-refractivity contribution is 5.58. The van der Waals surface area contributed by atoms with E-state index in [2.05, 4.69) is 6.07 Å². The molecular formula is C14H19NO3. The summed E-state index contributed by atoms with van der Waals surface area (Å²) in [5, 5.41) is 10.2. The van der Waals surface area contributed by atoms with Crippen LogP contribution >= 0.6 is 0 Å². The SMILES string of the molecule is CC1Cc2c(cc3c(c2C(O)CN)OC(C)C3)O1. The molecule has 0 bridgehead atoms. The molecule has 3 atom stereocenters. The summed E-state index contributed by atoms with van der Waals surface area (Å²) in [6.07, 6.45) is 1.32. The lowest BCUT2D eigenvalue weighted by molar-refractivity contribution is 0.175. The molecule has 3 rings (SSSR count). The summed E-state index contributed by atoms with van der Waals surface area (Å²) >= 11 is 0. The average molecular weight is 249 g/mol. The Balaban J connectivity index is 2.15. The van der Waals surface area contributed by atoms with Crippen molar-refractivity contribution in [3.8, 4) is 11.5 Å². The zero-order chi connectivity index (χ0) is 12.9. The molecule has 3 N–H and O–H groups in total. The maximum atomic E-state index is 10.2. The van der Waals surface area contributed by atoms with Crippen LogP contribution in [0.15, 0.2) is 6.07 Å². The summed E-state index contributed by atoms with van der Waals surface area (Å²) in [5.41, 5.74) is 8.65. The zero-order valence-electron chi connectivity index (χ0n) is 10.8. The monoisotopic (exact) mass is 249 g/mol. The van der Waals surface area contributed by atoms with E-state index in [4.69, 9.17) is 15.2 Å². The van der Waals surface area contributed by atoms with E-state index in [1.165, 1.54) is 0 Å². The van der Waals surface area contributed by atoms with Crippen molar-refractivity contribution in [3.63, 3.8) is 0 Å². The number of nitrogens with two attached hydrogens (primary N) is 1. The van der Waals surface area contributed by atoms with Crippen LogP contribution in [-0.2, 0) is 12.8 Å². The van der Waals surface area contributed by atoms with Crippen LogP contribution in [0.25, 0.3) is 0 Å². The number of fused-ring (bicyclic) bond motifs is 2. The van der Waals surface area contributed by atoms with Gasteiger partial charge in [-0.15, -0.1) is 0 Å². The Morgan fingerprint density at radius 3 is 2.78 bits per heavy atom. The Labute approximate surface area is 107 Å². The molecule has 0 aromatic heterocycles. The first-order valence-corrected chi connectivity index (χ1v) is 6.50. The minimum Gasteiger partial charge on any atom is -0.490 e. The van der Waals surface area contributed by atoms with Gasteiger partial charge in [0.25, 0.3) is 0 Å². The van der Waals surface area contributed by atoms with Crippen LogP contribution in [0.5, 0.6) is 11.5 Å². The summed E-state index contributed by atoms with van der Waals surface area (Å²) in [6, 6.07) is 2.06. The molecule has 3 unspecified atom stereocenters. The second-order valence-electron chi connectivity index (χ2n) is 5.27. The normalized spacial score (nSPS) is 26.2. The summed E-state index contributed by atoms with van der Waals surface area (Å²) in [7, 11) is 0. The second kappa shape index (κ2) is 4.14. The van der Waals surface area contributed by atoms with E-state index in [1.807, 2.05) is 13.8 Å². The molecular weight excluding hydrogens is 230 g/mol. The minimum atomic E-state index is -0.673. The van der Waals surface area contributed by atoms with E-state index >= 15 is 0 Å². The van der Waals surface area contributed by atoms with Gasteiger partial charge in [0.1, 0.15) is 23.7 Å². The van der Waals surface area contributed by atoms with Crippen molar-refractivity contribution in [2.45, 2.75) is 45.0 Å². The molecule has 4 heteroatoms. The van der Waals surface area contributed by atoms with Gasteiger partial charge in [-0.05, 0) is 19.9 Å². The van der Waals surface area contributed by atoms with Gasteiger partial charge in [-0.3, -0.25) is 0 Å². The number of hydrogen-bond donors (Lipinski definition) is 2. The Bertz CT molecular complexity index is 450. The highest BCUT2D eigenvalue weighted by Crippen LogP contribution is 2.45. The second-order valence-corrected chi connectivity index (χ2v) is 5.27. The van der Waals surface area contributed by atoms with Crippen LogP contribution in [-0.4, -0.2) is 23.9 Å². The Kier molecular flexibility index (Phi) is 2.72. The fraction of sp³-hybridized carbons (Fsp3) is 0.571. The number of rotatable bonds is 2. The van der Waals surface area contributed by atoms with E-state index in [1.54, 1.807) is 0 Å². The van der Waals surface area contributed by atoms with Gasteiger partial charge >= 0.3 is 0 Å². The molecule has 0 amide bonds. The molecule has 2 heterocycles. The number of aliphatic hydroxyl groups is 1. The summed E-state index contributed by atoms with van der Waals surface area (Å²) < 4.78 is 11.6. The van der Waals surface area contributed by atoms with Gasteiger partial charge in [0, 0.05) is 36.1 Å². The van der Waals surface area contributed by atoms with Gasteiger partial charge in [0.05, 0.1) is 6.10 Å². The highest BCUT2D eigenvalue weighted by Gasteiger charge is 2.33. The van der Waals surface area contributed by atoms with Crippen LogP contribution in [0.4, 0.5) is 0 Å². The van der Waals surface area contributed by atoms with E-state index in [0.29, 0.717) is 0 Å². The lowest BCUT2D eigenvalue weighted by atomic mass is 9.94. The molecule has 0 radical (unpaired) electrons. The quantitative estimate of drug-likeness (QED) is 0.830. The molecule has 4 nitrogen and oxygen atoms in total. The zero-order valence-corrected chi connectivity index (χ0v) is 10.8. The van der Waals surface area contributed by atoms with Gasteiger partial charge in [-0.25, -0.2) is 0 Å². The third-order valence-corrected chi connectivity index (χ3v) is 3.67. The predicted molar refractivity (Wildman–Crippen MR) is 68.0 cm³/mol. The van der Waals surface area contributed by atoms with Gasteiger partial charge in [-0.2, -0.15) is 0 Å². The fourth-order valence-electron chi connectivity index (χ4n) is 2.93. The van der Waals surface area contributed by atoms with Gasteiger partial charge in [-0.1, -0.05) is 0 Å². The molecule has 1 aromatic rings. The van der Waals surface area contributed by atoms with Crippen LogP contribution in [0.1, 0.15) is 36.6 Å². The summed E-state index contributed by atoms with van der Waals surface area (Å²) in [5.74, 6) is 1.72. The third-order valence-electron chi connectivity index (χ3n) is 3.67. The molecule has 2 aliphatic rings. The molecule has 0 saturated carbocycles. The van der Waals surface area contributed by atoms with Crippen molar-refractivity contribution in [2.75, 3.05) is 6.54 Å². The van der Waals surface area contributed by atoms with Crippen molar-refractivity contribution < 1.29 is 14.6 Å². The van der Waals surface area contributed by atoms with Crippen molar-refractivity contribution >= 4 is 0 Å². The van der Waals surface area contributed by atoms with Crippen molar-refractivity contribution in [3.05, 3.63) is 22.8 Å². The predicted octanol–water partition coefficient (Wildman–Crippen LogP) is 1.33. The Morgan fingerprint density at radius 2 is 2.06 bits per heavy atom. The van der Waals surface area contributed by atoms with E-state index in [0.717, 1.165) is 41.0 Å². The van der Waals surface area contributed by atoms with Crippen LogP contribution < -0.4 is 15.2 Å². The van der Waals surface area contributed by atoms with Crippen LogP contribution in [0.2, 0.25) is 0 Å². The van der Waals surface area contributed by atoms with E-state index in [-0.39, 0.29) is 18.8 Å². The number of benzene rings is 1. The van der Waals surface area contributed by atoms with Gasteiger partial charge in [0.2, 0.25) is 0 Å². The lowest BCUT2D eigenvalue weighted by Gasteiger charge is -2.17. The van der Waals surface area contributed by atoms with E-state index < -0.39 is 6.10 Å². The fourth-order valence-corrected chi connectivity index (χ4v) is 2.93. The number of hydrogen-bond acceptors (Lipinski definition) is 4. The first-order valence-electron chi connectivity index (χ1n) is 6.50. The smallest absolute Gasteiger partial charge is 0.129 e. The molecule has 2 aliphatic heterocycles. The topological polar surface area (TPSA) is 64.7 Å². The average Bonchev–Trinajstić information content (AvgIpc) is 2.85. The molecule has 1 aromatic carbocycles. The van der Waals surface area contributed by atoms with Crippen LogP contribution in [0.3, 0.4) is 0 Å². The van der Waals surface area contributed by atoms with Crippen molar-refractivity contribution in [1.29, 1.82) is 0 Å². The number of aliphatic hydroxyl groups excluding tert-OH is 1. The molecule has 0 aliphatic carbocycles. The first kappa shape index (κ1) is 11.8. The Hall–Kier alpha value is -1.26. The standard InChI is InChI=1S/C14H19NO3/c1-7-3-9-5-12-10(4-8(2)17-12)13(11(16)6-15)14(9)18-7/h5,7-8,11,16H,3-4,6,15H2,1-2H3. The Morgan fingerprint density at radius 1 is 1.33 bits per heavy atom. The molecule has 0 spiro atoms. The molecule has 0 fully saturated rings. The van der Waals surface area contributed by atoms with Gasteiger partial charge in [0.15, 0.2) is 0 Å².